The number of rotatable bonds is 3. The van der Waals surface area contributed by atoms with Crippen LogP contribution in [-0.4, -0.2) is 25.1 Å². The minimum absolute atomic E-state index is 0.481. The Labute approximate surface area is 100 Å². The van der Waals surface area contributed by atoms with Gasteiger partial charge in [-0.1, -0.05) is 12.1 Å². The third kappa shape index (κ3) is 4.14. The molecule has 1 aromatic rings. The van der Waals surface area contributed by atoms with E-state index in [0.29, 0.717) is 5.75 Å². The highest BCUT2D eigenvalue weighted by molar-refractivity contribution is 5.96. The lowest BCUT2D eigenvalue weighted by Gasteiger charge is -2.14. The molecule has 92 valence electrons. The molecule has 1 atom stereocenters. The quantitative estimate of drug-likeness (QED) is 0.829. The van der Waals surface area contributed by atoms with Crippen molar-refractivity contribution in [3.8, 4) is 5.75 Å². The molecule has 0 fully saturated rings. The van der Waals surface area contributed by atoms with Crippen molar-refractivity contribution < 1.29 is 14.3 Å². The lowest BCUT2D eigenvalue weighted by molar-refractivity contribution is -0.126. The van der Waals surface area contributed by atoms with Gasteiger partial charge in [0.05, 0.1) is 0 Å². The number of carbonyl (C=O) groups is 2. The van der Waals surface area contributed by atoms with E-state index in [0.717, 1.165) is 5.56 Å². The second-order valence-corrected chi connectivity index (χ2v) is 3.64. The maximum atomic E-state index is 11.5. The zero-order valence-corrected chi connectivity index (χ0v) is 10.1. The average molecular weight is 236 g/mol. The molecule has 17 heavy (non-hydrogen) atoms. The molecule has 0 saturated heterocycles. The molecule has 0 aromatic heterocycles. The Morgan fingerprint density at radius 2 is 2.06 bits per heavy atom. The Kier molecular flexibility index (Phi) is 4.51. The number of benzene rings is 1. The van der Waals surface area contributed by atoms with Crippen LogP contribution in [0.25, 0.3) is 0 Å². The number of aryl methyl sites for hydroxylation is 1. The molecule has 0 aliphatic rings. The van der Waals surface area contributed by atoms with Crippen molar-refractivity contribution in [2.45, 2.75) is 20.0 Å². The molecule has 0 radical (unpaired) electrons. The van der Waals surface area contributed by atoms with Crippen LogP contribution in [0.5, 0.6) is 5.75 Å². The SMILES string of the molecule is CNC(=O)NC(=O)[C@@H](C)Oc1cccc(C)c1. The summed E-state index contributed by atoms with van der Waals surface area (Å²) >= 11 is 0. The van der Waals surface area contributed by atoms with Crippen LogP contribution >= 0.6 is 0 Å². The number of imide groups is 1. The molecule has 5 nitrogen and oxygen atoms in total. The molecule has 3 amide bonds. The largest absolute Gasteiger partial charge is 0.481 e. The van der Waals surface area contributed by atoms with Gasteiger partial charge in [0.15, 0.2) is 6.10 Å². The van der Waals surface area contributed by atoms with Gasteiger partial charge in [-0.3, -0.25) is 10.1 Å². The van der Waals surface area contributed by atoms with Crippen molar-refractivity contribution >= 4 is 11.9 Å². The highest BCUT2D eigenvalue weighted by Crippen LogP contribution is 2.14. The van der Waals surface area contributed by atoms with Crippen LogP contribution in [0.1, 0.15) is 12.5 Å². The van der Waals surface area contributed by atoms with Crippen molar-refractivity contribution in [1.29, 1.82) is 0 Å². The predicted octanol–water partition coefficient (Wildman–Crippen LogP) is 1.22. The van der Waals surface area contributed by atoms with Crippen LogP contribution in [0, 0.1) is 6.92 Å². The summed E-state index contributed by atoms with van der Waals surface area (Å²) in [4.78, 5) is 22.4. The molecule has 1 rings (SSSR count). The molecule has 0 heterocycles. The molecule has 0 spiro atoms. The molecular formula is C12H16N2O3. The standard InChI is InChI=1S/C12H16N2O3/c1-8-5-4-6-10(7-8)17-9(2)11(15)14-12(16)13-3/h4-7,9H,1-3H3,(H2,13,14,15,16)/t9-/m1/s1. The first kappa shape index (κ1) is 13.0. The van der Waals surface area contributed by atoms with Crippen molar-refractivity contribution in [1.82, 2.24) is 10.6 Å². The topological polar surface area (TPSA) is 67.4 Å². The molecule has 0 bridgehead atoms. The number of hydrogen-bond acceptors (Lipinski definition) is 3. The second-order valence-electron chi connectivity index (χ2n) is 3.64. The third-order valence-electron chi connectivity index (χ3n) is 2.14. The minimum atomic E-state index is -0.728. The first-order chi connectivity index (χ1) is 8.02. The van der Waals surface area contributed by atoms with Gasteiger partial charge in [-0.25, -0.2) is 4.79 Å². The Morgan fingerprint density at radius 3 is 2.65 bits per heavy atom. The first-order valence-corrected chi connectivity index (χ1v) is 5.29. The van der Waals surface area contributed by atoms with Crippen LogP contribution < -0.4 is 15.4 Å². The Balaban J connectivity index is 2.57. The van der Waals surface area contributed by atoms with Gasteiger partial charge >= 0.3 is 6.03 Å². The molecule has 5 heteroatoms. The monoisotopic (exact) mass is 236 g/mol. The molecular weight excluding hydrogens is 220 g/mol. The van der Waals surface area contributed by atoms with Gasteiger partial charge in [0.2, 0.25) is 0 Å². The highest BCUT2D eigenvalue weighted by atomic mass is 16.5. The van der Waals surface area contributed by atoms with E-state index >= 15 is 0 Å². The molecule has 0 aliphatic carbocycles. The number of hydrogen-bond donors (Lipinski definition) is 2. The Morgan fingerprint density at radius 1 is 1.35 bits per heavy atom. The predicted molar refractivity (Wildman–Crippen MR) is 63.9 cm³/mol. The fourth-order valence-corrected chi connectivity index (χ4v) is 1.22. The van der Waals surface area contributed by atoms with Gasteiger partial charge < -0.3 is 10.1 Å². The van der Waals surface area contributed by atoms with E-state index in [9.17, 15) is 9.59 Å². The lowest BCUT2D eigenvalue weighted by Crippen LogP contribution is -2.43. The van der Waals surface area contributed by atoms with Crippen LogP contribution in [0.15, 0.2) is 24.3 Å². The van der Waals surface area contributed by atoms with Gasteiger partial charge in [-0.15, -0.1) is 0 Å². The zero-order valence-electron chi connectivity index (χ0n) is 10.1. The smallest absolute Gasteiger partial charge is 0.321 e. The average Bonchev–Trinajstić information content (AvgIpc) is 2.28. The van der Waals surface area contributed by atoms with Crippen molar-refractivity contribution in [2.75, 3.05) is 7.05 Å². The molecule has 0 saturated carbocycles. The molecule has 0 unspecified atom stereocenters. The van der Waals surface area contributed by atoms with Crippen molar-refractivity contribution in [3.05, 3.63) is 29.8 Å². The van der Waals surface area contributed by atoms with Crippen LogP contribution in [0.3, 0.4) is 0 Å². The van der Waals surface area contributed by atoms with Crippen LogP contribution in [-0.2, 0) is 4.79 Å². The maximum Gasteiger partial charge on any atom is 0.321 e. The van der Waals surface area contributed by atoms with E-state index in [-0.39, 0.29) is 0 Å². The summed E-state index contributed by atoms with van der Waals surface area (Å²) in [5.41, 5.74) is 1.04. The number of nitrogens with one attached hydrogen (secondary N) is 2. The van der Waals surface area contributed by atoms with Crippen LogP contribution in [0.2, 0.25) is 0 Å². The van der Waals surface area contributed by atoms with E-state index in [4.69, 9.17) is 4.74 Å². The van der Waals surface area contributed by atoms with Gasteiger partial charge in [0, 0.05) is 7.05 Å². The fourth-order valence-electron chi connectivity index (χ4n) is 1.22. The second kappa shape index (κ2) is 5.89. The zero-order chi connectivity index (χ0) is 12.8. The molecule has 1 aromatic carbocycles. The number of urea groups is 1. The lowest BCUT2D eigenvalue weighted by atomic mass is 10.2. The number of ether oxygens (including phenoxy) is 1. The number of carbonyl (C=O) groups excluding carboxylic acids is 2. The summed E-state index contributed by atoms with van der Waals surface area (Å²) in [7, 11) is 1.44. The van der Waals surface area contributed by atoms with Crippen molar-refractivity contribution in [2.24, 2.45) is 0 Å². The Bertz CT molecular complexity index is 418. The van der Waals surface area contributed by atoms with Gasteiger partial charge in [0.1, 0.15) is 5.75 Å². The Hall–Kier alpha value is -2.04. The van der Waals surface area contributed by atoms with Crippen LogP contribution in [0.4, 0.5) is 4.79 Å². The maximum absolute atomic E-state index is 11.5. The van der Waals surface area contributed by atoms with Crippen molar-refractivity contribution in [3.63, 3.8) is 0 Å². The normalized spacial score (nSPS) is 11.5. The summed E-state index contributed by atoms with van der Waals surface area (Å²) in [6.07, 6.45) is -0.728. The summed E-state index contributed by atoms with van der Waals surface area (Å²) in [5, 5.41) is 4.45. The van der Waals surface area contributed by atoms with Gasteiger partial charge in [-0.05, 0) is 31.5 Å². The summed E-state index contributed by atoms with van der Waals surface area (Å²) < 4.78 is 5.41. The van der Waals surface area contributed by atoms with E-state index in [1.807, 2.05) is 25.1 Å². The summed E-state index contributed by atoms with van der Waals surface area (Å²) in [5.74, 6) is 0.121. The fraction of sp³-hybridized carbons (Fsp3) is 0.333. The highest BCUT2D eigenvalue weighted by Gasteiger charge is 2.16. The molecule has 2 N–H and O–H groups in total. The third-order valence-corrected chi connectivity index (χ3v) is 2.14. The van der Waals surface area contributed by atoms with E-state index in [1.54, 1.807) is 13.0 Å². The van der Waals surface area contributed by atoms with Gasteiger partial charge in [-0.2, -0.15) is 0 Å². The summed E-state index contributed by atoms with van der Waals surface area (Å²) in [6, 6.07) is 6.81. The summed E-state index contributed by atoms with van der Waals surface area (Å²) in [6.45, 7) is 3.52. The van der Waals surface area contributed by atoms with E-state index in [1.165, 1.54) is 7.05 Å². The minimum Gasteiger partial charge on any atom is -0.481 e. The van der Waals surface area contributed by atoms with E-state index < -0.39 is 18.0 Å². The number of amides is 3. The molecule has 0 aliphatic heterocycles. The first-order valence-electron chi connectivity index (χ1n) is 5.29. The van der Waals surface area contributed by atoms with Gasteiger partial charge in [0.25, 0.3) is 5.91 Å². The van der Waals surface area contributed by atoms with E-state index in [2.05, 4.69) is 10.6 Å².